The van der Waals surface area contributed by atoms with E-state index in [1.807, 2.05) is 5.38 Å². The Kier molecular flexibility index (Phi) is 3.47. The van der Waals surface area contributed by atoms with Crippen molar-refractivity contribution in [2.45, 2.75) is 32.4 Å². The third kappa shape index (κ3) is 3.17. The van der Waals surface area contributed by atoms with E-state index in [4.69, 9.17) is 0 Å². The standard InChI is InChI=1S/C11H19N3OS/c1-11(2)8-14(5-3-4-12-11)6-9-7-16-10(15)13-9/h7,12H,3-6,8H2,1-2H3,(H,13,15). The highest BCUT2D eigenvalue weighted by molar-refractivity contribution is 7.07. The van der Waals surface area contributed by atoms with E-state index in [1.54, 1.807) is 0 Å². The predicted molar refractivity (Wildman–Crippen MR) is 66.9 cm³/mol. The summed E-state index contributed by atoms with van der Waals surface area (Å²) in [4.78, 5) is 16.4. The lowest BCUT2D eigenvalue weighted by molar-refractivity contribution is 0.222. The van der Waals surface area contributed by atoms with Crippen molar-refractivity contribution >= 4 is 11.3 Å². The number of thiazole rings is 1. The smallest absolute Gasteiger partial charge is 0.304 e. The molecule has 90 valence electrons. The first-order valence-corrected chi connectivity index (χ1v) is 6.57. The summed E-state index contributed by atoms with van der Waals surface area (Å²) in [5, 5.41) is 5.46. The lowest BCUT2D eigenvalue weighted by Crippen LogP contribution is -2.46. The SMILES string of the molecule is CC1(C)CN(Cc2csc(=O)[nH]2)CCCN1. The van der Waals surface area contributed by atoms with Crippen molar-refractivity contribution in [3.05, 3.63) is 20.7 Å². The number of aromatic amines is 1. The maximum Gasteiger partial charge on any atom is 0.304 e. The van der Waals surface area contributed by atoms with E-state index < -0.39 is 0 Å². The van der Waals surface area contributed by atoms with Crippen molar-refractivity contribution in [3.8, 4) is 0 Å². The van der Waals surface area contributed by atoms with Gasteiger partial charge in [0.2, 0.25) is 0 Å². The molecule has 0 aliphatic carbocycles. The Morgan fingerprint density at radius 1 is 1.56 bits per heavy atom. The topological polar surface area (TPSA) is 48.1 Å². The zero-order chi connectivity index (χ0) is 11.6. The van der Waals surface area contributed by atoms with E-state index in [1.165, 1.54) is 11.3 Å². The summed E-state index contributed by atoms with van der Waals surface area (Å²) in [6.07, 6.45) is 1.16. The summed E-state index contributed by atoms with van der Waals surface area (Å²) in [6, 6.07) is 0. The molecule has 0 atom stereocenters. The first kappa shape index (κ1) is 11.8. The van der Waals surface area contributed by atoms with E-state index in [0.29, 0.717) is 0 Å². The summed E-state index contributed by atoms with van der Waals surface area (Å²) in [6.45, 7) is 8.48. The molecular weight excluding hydrogens is 222 g/mol. The molecule has 1 saturated heterocycles. The van der Waals surface area contributed by atoms with Gasteiger partial charge in [0, 0.05) is 29.7 Å². The minimum atomic E-state index is 0.0437. The number of rotatable bonds is 2. The van der Waals surface area contributed by atoms with Crippen molar-refractivity contribution in [2.75, 3.05) is 19.6 Å². The lowest BCUT2D eigenvalue weighted by Gasteiger charge is -2.29. The summed E-state index contributed by atoms with van der Waals surface area (Å²) in [5.74, 6) is 0. The number of hydrogen-bond acceptors (Lipinski definition) is 4. The lowest BCUT2D eigenvalue weighted by atomic mass is 10.1. The van der Waals surface area contributed by atoms with Gasteiger partial charge in [-0.2, -0.15) is 0 Å². The Bertz CT molecular complexity index is 396. The molecule has 1 aromatic heterocycles. The van der Waals surface area contributed by atoms with E-state index in [-0.39, 0.29) is 10.4 Å². The second-order valence-corrected chi connectivity index (χ2v) is 5.89. The molecule has 0 radical (unpaired) electrons. The quantitative estimate of drug-likeness (QED) is 0.812. The molecule has 1 aliphatic rings. The van der Waals surface area contributed by atoms with E-state index in [0.717, 1.165) is 38.3 Å². The van der Waals surface area contributed by atoms with Crippen LogP contribution in [0.2, 0.25) is 0 Å². The second kappa shape index (κ2) is 4.69. The number of nitrogens with zero attached hydrogens (tertiary/aromatic N) is 1. The van der Waals surface area contributed by atoms with Crippen molar-refractivity contribution in [1.29, 1.82) is 0 Å². The fraction of sp³-hybridized carbons (Fsp3) is 0.727. The third-order valence-corrected chi connectivity index (χ3v) is 3.56. The molecular formula is C11H19N3OS. The monoisotopic (exact) mass is 241 g/mol. The molecule has 5 heteroatoms. The average molecular weight is 241 g/mol. The minimum Gasteiger partial charge on any atom is -0.315 e. The van der Waals surface area contributed by atoms with Crippen LogP contribution in [0.3, 0.4) is 0 Å². The van der Waals surface area contributed by atoms with E-state index >= 15 is 0 Å². The molecule has 0 saturated carbocycles. The first-order valence-electron chi connectivity index (χ1n) is 5.69. The fourth-order valence-electron chi connectivity index (χ4n) is 2.19. The van der Waals surface area contributed by atoms with Crippen LogP contribution >= 0.6 is 11.3 Å². The zero-order valence-electron chi connectivity index (χ0n) is 9.88. The molecule has 1 fully saturated rings. The van der Waals surface area contributed by atoms with Crippen molar-refractivity contribution in [2.24, 2.45) is 0 Å². The van der Waals surface area contributed by atoms with Crippen LogP contribution in [0.5, 0.6) is 0 Å². The number of aromatic nitrogens is 1. The van der Waals surface area contributed by atoms with Gasteiger partial charge in [0.05, 0.1) is 0 Å². The fourth-order valence-corrected chi connectivity index (χ4v) is 2.76. The average Bonchev–Trinajstić information content (AvgIpc) is 2.49. The summed E-state index contributed by atoms with van der Waals surface area (Å²) in [7, 11) is 0. The number of hydrogen-bond donors (Lipinski definition) is 2. The Hall–Kier alpha value is -0.650. The molecule has 2 N–H and O–H groups in total. The van der Waals surface area contributed by atoms with Crippen LogP contribution in [0.4, 0.5) is 0 Å². The summed E-state index contributed by atoms with van der Waals surface area (Å²) < 4.78 is 0. The van der Waals surface area contributed by atoms with Crippen LogP contribution in [0.1, 0.15) is 26.0 Å². The Balaban J connectivity index is 2.00. The molecule has 0 bridgehead atoms. The minimum absolute atomic E-state index is 0.0437. The highest BCUT2D eigenvalue weighted by Gasteiger charge is 2.23. The van der Waals surface area contributed by atoms with Gasteiger partial charge in [-0.05, 0) is 33.4 Å². The molecule has 4 nitrogen and oxygen atoms in total. The van der Waals surface area contributed by atoms with Crippen LogP contribution in [-0.4, -0.2) is 35.1 Å². The molecule has 0 amide bonds. The molecule has 2 heterocycles. The molecule has 1 aliphatic heterocycles. The van der Waals surface area contributed by atoms with Gasteiger partial charge in [-0.3, -0.25) is 9.69 Å². The molecule has 16 heavy (non-hydrogen) atoms. The summed E-state index contributed by atoms with van der Waals surface area (Å²) >= 11 is 1.24. The zero-order valence-corrected chi connectivity index (χ0v) is 10.7. The van der Waals surface area contributed by atoms with Crippen LogP contribution in [0.15, 0.2) is 10.2 Å². The predicted octanol–water partition coefficient (Wildman–Crippen LogP) is 1.01. The van der Waals surface area contributed by atoms with Gasteiger partial charge >= 0.3 is 4.87 Å². The van der Waals surface area contributed by atoms with Gasteiger partial charge < -0.3 is 10.3 Å². The maximum atomic E-state index is 11.1. The van der Waals surface area contributed by atoms with Gasteiger partial charge in [0.25, 0.3) is 0 Å². The molecule has 0 aromatic carbocycles. The number of nitrogens with one attached hydrogen (secondary N) is 2. The van der Waals surface area contributed by atoms with Gasteiger partial charge in [-0.15, -0.1) is 0 Å². The van der Waals surface area contributed by atoms with Gasteiger partial charge in [-0.25, -0.2) is 0 Å². The normalized spacial score (nSPS) is 21.9. The van der Waals surface area contributed by atoms with Crippen molar-refractivity contribution in [3.63, 3.8) is 0 Å². The molecule has 1 aromatic rings. The van der Waals surface area contributed by atoms with Gasteiger partial charge in [0.1, 0.15) is 0 Å². The highest BCUT2D eigenvalue weighted by atomic mass is 32.1. The van der Waals surface area contributed by atoms with Crippen LogP contribution in [-0.2, 0) is 6.54 Å². The Labute approximate surface area is 99.7 Å². The number of H-pyrrole nitrogens is 1. The largest absolute Gasteiger partial charge is 0.315 e. The van der Waals surface area contributed by atoms with Crippen LogP contribution < -0.4 is 10.2 Å². The van der Waals surface area contributed by atoms with Crippen LogP contribution in [0.25, 0.3) is 0 Å². The Morgan fingerprint density at radius 2 is 2.38 bits per heavy atom. The molecule has 0 spiro atoms. The maximum absolute atomic E-state index is 11.1. The molecule has 0 unspecified atom stereocenters. The first-order chi connectivity index (χ1) is 7.55. The summed E-state index contributed by atoms with van der Waals surface area (Å²) in [5.41, 5.74) is 1.19. The third-order valence-electron chi connectivity index (χ3n) is 2.84. The van der Waals surface area contributed by atoms with Crippen molar-refractivity contribution < 1.29 is 0 Å². The Morgan fingerprint density at radius 3 is 3.06 bits per heavy atom. The highest BCUT2D eigenvalue weighted by Crippen LogP contribution is 2.12. The molecule has 2 rings (SSSR count). The van der Waals surface area contributed by atoms with Gasteiger partial charge in [0.15, 0.2) is 0 Å². The van der Waals surface area contributed by atoms with Crippen molar-refractivity contribution in [1.82, 2.24) is 15.2 Å². The van der Waals surface area contributed by atoms with E-state index in [9.17, 15) is 4.79 Å². The van der Waals surface area contributed by atoms with E-state index in [2.05, 4.69) is 29.0 Å². The second-order valence-electron chi connectivity index (χ2n) is 5.05. The van der Waals surface area contributed by atoms with Gasteiger partial charge in [-0.1, -0.05) is 11.3 Å². The van der Waals surface area contributed by atoms with Crippen LogP contribution in [0, 0.1) is 0 Å².